The van der Waals surface area contributed by atoms with E-state index in [4.69, 9.17) is 5.73 Å². The summed E-state index contributed by atoms with van der Waals surface area (Å²) in [5, 5.41) is 2.79. The third-order valence-electron chi connectivity index (χ3n) is 3.09. The molecule has 22 heavy (non-hydrogen) atoms. The molecule has 0 aliphatic heterocycles. The molecule has 0 aliphatic carbocycles. The maximum Gasteiger partial charge on any atom is 0.256 e. The van der Waals surface area contributed by atoms with Crippen LogP contribution < -0.4 is 11.1 Å². The first kappa shape index (κ1) is 17.9. The zero-order chi connectivity index (χ0) is 15.6. The minimum Gasteiger partial charge on any atom is -0.399 e. The number of nitrogens with one attached hydrogen (secondary N) is 1. The van der Waals surface area contributed by atoms with Gasteiger partial charge in [-0.25, -0.2) is 9.97 Å². The molecule has 1 amide bonds. The predicted octanol–water partition coefficient (Wildman–Crippen LogP) is 3.34. The Morgan fingerprint density at radius 3 is 2.32 bits per heavy atom. The summed E-state index contributed by atoms with van der Waals surface area (Å²) in [5.41, 5.74) is 8.15. The maximum atomic E-state index is 12.2. The number of nitrogen functional groups attached to an aromatic ring is 1. The Kier molecular flexibility index (Phi) is 5.49. The topological polar surface area (TPSA) is 80.9 Å². The van der Waals surface area contributed by atoms with E-state index in [9.17, 15) is 4.79 Å². The quantitative estimate of drug-likeness (QED) is 0.831. The summed E-state index contributed by atoms with van der Waals surface area (Å²) < 4.78 is 0. The van der Waals surface area contributed by atoms with Crippen molar-refractivity contribution in [1.82, 2.24) is 9.97 Å². The van der Waals surface area contributed by atoms with Crippen LogP contribution >= 0.6 is 12.4 Å². The van der Waals surface area contributed by atoms with Crippen molar-refractivity contribution in [2.75, 3.05) is 11.1 Å². The number of hydrogen-bond acceptors (Lipinski definition) is 4. The smallest absolute Gasteiger partial charge is 0.256 e. The van der Waals surface area contributed by atoms with Gasteiger partial charge in [-0.05, 0) is 24.6 Å². The molecule has 2 aromatic rings. The molecule has 1 aromatic heterocycles. The van der Waals surface area contributed by atoms with E-state index in [1.54, 1.807) is 24.5 Å². The van der Waals surface area contributed by atoms with E-state index >= 15 is 0 Å². The Hall–Kier alpha value is -2.14. The van der Waals surface area contributed by atoms with Crippen molar-refractivity contribution in [1.29, 1.82) is 0 Å². The van der Waals surface area contributed by atoms with Gasteiger partial charge in [-0.3, -0.25) is 4.79 Å². The number of benzene rings is 1. The number of carbonyl (C=O) groups is 1. The van der Waals surface area contributed by atoms with Gasteiger partial charge in [0.15, 0.2) is 0 Å². The van der Waals surface area contributed by atoms with Crippen molar-refractivity contribution < 1.29 is 4.79 Å². The molecule has 0 saturated carbocycles. The van der Waals surface area contributed by atoms with Crippen LogP contribution in [0.3, 0.4) is 0 Å². The number of rotatable bonds is 2. The highest BCUT2D eigenvalue weighted by Gasteiger charge is 2.17. The van der Waals surface area contributed by atoms with Crippen molar-refractivity contribution in [3.05, 3.63) is 47.5 Å². The van der Waals surface area contributed by atoms with Gasteiger partial charge in [0.2, 0.25) is 0 Å². The fourth-order valence-electron chi connectivity index (χ4n) is 1.86. The highest BCUT2D eigenvalue weighted by atomic mass is 35.5. The third-order valence-corrected chi connectivity index (χ3v) is 3.09. The Bertz CT molecular complexity index is 663. The molecule has 118 valence electrons. The number of hydrogen-bond donors (Lipinski definition) is 2. The van der Waals surface area contributed by atoms with Crippen LogP contribution in [0.2, 0.25) is 0 Å². The molecule has 0 aliphatic rings. The van der Waals surface area contributed by atoms with E-state index in [2.05, 4.69) is 15.3 Å². The second-order valence-electron chi connectivity index (χ2n) is 6.07. The second kappa shape index (κ2) is 6.75. The number of nitrogens with two attached hydrogens (primary N) is 1. The third kappa shape index (κ3) is 4.18. The van der Waals surface area contributed by atoms with Crippen LogP contribution in [-0.4, -0.2) is 15.9 Å². The molecule has 0 fully saturated rings. The summed E-state index contributed by atoms with van der Waals surface area (Å²) in [5.74, 6) is 0.521. The standard InChI is InChI=1S/C16H20N4O.ClH/c1-10-5-6-11(17)7-13(10)14(21)20-12-8-18-15(19-9-12)16(2,3)4;/h5-9H,17H2,1-4H3,(H,20,21);1H. The normalized spacial score (nSPS) is 10.7. The molecule has 5 nitrogen and oxygen atoms in total. The maximum absolute atomic E-state index is 12.2. The van der Waals surface area contributed by atoms with E-state index in [0.717, 1.165) is 11.4 Å². The molecule has 3 N–H and O–H groups in total. The monoisotopic (exact) mass is 320 g/mol. The van der Waals surface area contributed by atoms with Crippen molar-refractivity contribution >= 4 is 29.7 Å². The lowest BCUT2D eigenvalue weighted by Gasteiger charge is -2.16. The second-order valence-corrected chi connectivity index (χ2v) is 6.07. The van der Waals surface area contributed by atoms with Crippen LogP contribution in [0, 0.1) is 6.92 Å². The van der Waals surface area contributed by atoms with E-state index in [1.165, 1.54) is 0 Å². The molecule has 1 heterocycles. The minimum absolute atomic E-state index is 0. The molecule has 1 aromatic carbocycles. The van der Waals surface area contributed by atoms with Crippen LogP contribution in [-0.2, 0) is 5.41 Å². The van der Waals surface area contributed by atoms with Crippen LogP contribution in [0.15, 0.2) is 30.6 Å². The Balaban J connectivity index is 0.00000242. The van der Waals surface area contributed by atoms with Crippen LogP contribution in [0.5, 0.6) is 0 Å². The van der Waals surface area contributed by atoms with E-state index < -0.39 is 0 Å². The van der Waals surface area contributed by atoms with E-state index in [1.807, 2.05) is 33.8 Å². The van der Waals surface area contributed by atoms with Gasteiger partial charge in [0.05, 0.1) is 18.1 Å². The van der Waals surface area contributed by atoms with Crippen molar-refractivity contribution in [3.8, 4) is 0 Å². The average Bonchev–Trinajstić information content (AvgIpc) is 2.41. The fraction of sp³-hybridized carbons (Fsp3) is 0.312. The molecule has 0 bridgehead atoms. The number of carbonyl (C=O) groups excluding carboxylic acids is 1. The Morgan fingerprint density at radius 2 is 1.77 bits per heavy atom. The van der Waals surface area contributed by atoms with Gasteiger partial charge in [-0.15, -0.1) is 12.4 Å². The zero-order valence-electron chi connectivity index (χ0n) is 13.2. The SMILES string of the molecule is Cc1ccc(N)cc1C(=O)Nc1cnc(C(C)(C)C)nc1.Cl. The van der Waals surface area contributed by atoms with Gasteiger partial charge in [0.1, 0.15) is 5.82 Å². The Morgan fingerprint density at radius 1 is 1.18 bits per heavy atom. The van der Waals surface area contributed by atoms with E-state index in [0.29, 0.717) is 16.9 Å². The lowest BCUT2D eigenvalue weighted by Crippen LogP contribution is -2.18. The first-order chi connectivity index (χ1) is 9.77. The number of nitrogens with zero attached hydrogens (tertiary/aromatic N) is 2. The summed E-state index contributed by atoms with van der Waals surface area (Å²) in [4.78, 5) is 20.8. The molecular formula is C16H21ClN4O. The fourth-order valence-corrected chi connectivity index (χ4v) is 1.86. The molecule has 2 rings (SSSR count). The van der Waals surface area contributed by atoms with Gasteiger partial charge in [0.25, 0.3) is 5.91 Å². The zero-order valence-corrected chi connectivity index (χ0v) is 14.0. The van der Waals surface area contributed by atoms with Gasteiger partial charge in [-0.2, -0.15) is 0 Å². The Labute approximate surface area is 136 Å². The largest absolute Gasteiger partial charge is 0.399 e. The van der Waals surface area contributed by atoms with Crippen molar-refractivity contribution in [2.24, 2.45) is 0 Å². The van der Waals surface area contributed by atoms with Gasteiger partial charge >= 0.3 is 0 Å². The highest BCUT2D eigenvalue weighted by Crippen LogP contribution is 2.19. The first-order valence-corrected chi connectivity index (χ1v) is 6.77. The molecule has 0 unspecified atom stereocenters. The van der Waals surface area contributed by atoms with Crippen molar-refractivity contribution in [3.63, 3.8) is 0 Å². The molecule has 0 radical (unpaired) electrons. The van der Waals surface area contributed by atoms with Crippen LogP contribution in [0.25, 0.3) is 0 Å². The van der Waals surface area contributed by atoms with Crippen LogP contribution in [0.4, 0.5) is 11.4 Å². The molecule has 6 heteroatoms. The number of anilines is 2. The summed E-state index contributed by atoms with van der Waals surface area (Å²) in [6, 6.07) is 5.26. The highest BCUT2D eigenvalue weighted by molar-refractivity contribution is 6.05. The molecular weight excluding hydrogens is 300 g/mol. The van der Waals surface area contributed by atoms with Gasteiger partial charge < -0.3 is 11.1 Å². The molecule has 0 saturated heterocycles. The summed E-state index contributed by atoms with van der Waals surface area (Å²) >= 11 is 0. The van der Waals surface area contributed by atoms with Crippen molar-refractivity contribution in [2.45, 2.75) is 33.1 Å². The lowest BCUT2D eigenvalue weighted by molar-refractivity contribution is 0.102. The molecule has 0 atom stereocenters. The number of amides is 1. The van der Waals surface area contributed by atoms with E-state index in [-0.39, 0.29) is 23.7 Å². The summed E-state index contributed by atoms with van der Waals surface area (Å²) in [6.45, 7) is 7.98. The van der Waals surface area contributed by atoms with Gasteiger partial charge in [0, 0.05) is 16.7 Å². The lowest BCUT2D eigenvalue weighted by atomic mass is 9.96. The number of aryl methyl sites for hydroxylation is 1. The van der Waals surface area contributed by atoms with Crippen LogP contribution in [0.1, 0.15) is 42.5 Å². The summed E-state index contributed by atoms with van der Waals surface area (Å²) in [6.07, 6.45) is 3.24. The average molecular weight is 321 g/mol. The predicted molar refractivity (Wildman–Crippen MR) is 91.5 cm³/mol. The molecule has 0 spiro atoms. The minimum atomic E-state index is -0.216. The first-order valence-electron chi connectivity index (χ1n) is 6.77. The van der Waals surface area contributed by atoms with Gasteiger partial charge in [-0.1, -0.05) is 26.8 Å². The number of halogens is 1. The number of aromatic nitrogens is 2. The summed E-state index contributed by atoms with van der Waals surface area (Å²) in [7, 11) is 0.